The average Bonchev–Trinajstić information content (AvgIpc) is 2.94. The van der Waals surface area contributed by atoms with Crippen LogP contribution in [0.4, 0.5) is 0 Å². The molecule has 0 saturated heterocycles. The van der Waals surface area contributed by atoms with Crippen molar-refractivity contribution >= 4 is 0 Å². The van der Waals surface area contributed by atoms with Crippen molar-refractivity contribution < 1.29 is 10.2 Å². The maximum atomic E-state index is 10.9. The molecule has 0 heterocycles. The van der Waals surface area contributed by atoms with Crippen molar-refractivity contribution in [3.63, 3.8) is 0 Å². The van der Waals surface area contributed by atoms with E-state index in [2.05, 4.69) is 20.8 Å². The van der Waals surface area contributed by atoms with Gasteiger partial charge in [-0.05, 0) is 78.9 Å². The molecule has 4 aliphatic carbocycles. The van der Waals surface area contributed by atoms with Gasteiger partial charge in [-0.1, -0.05) is 33.6 Å². The second-order valence-electron chi connectivity index (χ2n) is 9.67. The first kappa shape index (κ1) is 15.4. The van der Waals surface area contributed by atoms with E-state index in [4.69, 9.17) is 0 Å². The molecule has 2 nitrogen and oxygen atoms in total. The van der Waals surface area contributed by atoms with Crippen molar-refractivity contribution in [2.45, 2.75) is 77.9 Å². The minimum Gasteiger partial charge on any atom is -0.393 e. The Morgan fingerprint density at radius 3 is 2.27 bits per heavy atom. The zero-order valence-electron chi connectivity index (χ0n) is 14.5. The third-order valence-electron chi connectivity index (χ3n) is 8.74. The molecule has 4 fully saturated rings. The summed E-state index contributed by atoms with van der Waals surface area (Å²) < 4.78 is 0. The first-order valence-corrected chi connectivity index (χ1v) is 9.77. The summed E-state index contributed by atoms with van der Waals surface area (Å²) in [6, 6.07) is 0. The Morgan fingerprint density at radius 1 is 0.773 bits per heavy atom. The van der Waals surface area contributed by atoms with E-state index in [1.807, 2.05) is 0 Å². The molecule has 0 aromatic rings. The average molecular weight is 306 g/mol. The number of aliphatic hydroxyl groups excluding tert-OH is 2. The van der Waals surface area contributed by atoms with Gasteiger partial charge in [-0.2, -0.15) is 0 Å². The molecule has 4 rings (SSSR count). The molecule has 0 amide bonds. The molecule has 0 aliphatic heterocycles. The number of aliphatic hydroxyl groups is 2. The predicted octanol–water partition coefficient (Wildman–Crippen LogP) is 3.85. The smallest absolute Gasteiger partial charge is 0.0575 e. The molecule has 22 heavy (non-hydrogen) atoms. The van der Waals surface area contributed by atoms with E-state index in [0.717, 1.165) is 36.5 Å². The molecule has 126 valence electrons. The third-order valence-corrected chi connectivity index (χ3v) is 8.74. The lowest BCUT2D eigenvalue weighted by atomic mass is 9.45. The lowest BCUT2D eigenvalue weighted by Crippen LogP contribution is -2.59. The summed E-state index contributed by atoms with van der Waals surface area (Å²) in [4.78, 5) is 0. The Kier molecular flexibility index (Phi) is 3.66. The number of hydrogen-bond donors (Lipinski definition) is 2. The maximum absolute atomic E-state index is 10.9. The molecule has 0 aromatic carbocycles. The van der Waals surface area contributed by atoms with Gasteiger partial charge in [-0.3, -0.25) is 0 Å². The molecular formula is C20H34O2. The van der Waals surface area contributed by atoms with Gasteiger partial charge in [0.15, 0.2) is 0 Å². The molecule has 0 aromatic heterocycles. The van der Waals surface area contributed by atoms with Crippen molar-refractivity contribution in [2.75, 3.05) is 0 Å². The topological polar surface area (TPSA) is 40.5 Å². The van der Waals surface area contributed by atoms with Gasteiger partial charge in [0, 0.05) is 0 Å². The Hall–Kier alpha value is -0.0800. The third kappa shape index (κ3) is 2.05. The zero-order valence-corrected chi connectivity index (χ0v) is 14.5. The molecule has 2 heteroatoms. The molecular weight excluding hydrogens is 272 g/mol. The Morgan fingerprint density at radius 2 is 1.50 bits per heavy atom. The van der Waals surface area contributed by atoms with Crippen molar-refractivity contribution in [3.8, 4) is 0 Å². The van der Waals surface area contributed by atoms with Gasteiger partial charge in [-0.15, -0.1) is 0 Å². The number of hydrogen-bond acceptors (Lipinski definition) is 2. The van der Waals surface area contributed by atoms with Crippen molar-refractivity contribution in [2.24, 2.45) is 46.8 Å². The van der Waals surface area contributed by atoms with Crippen molar-refractivity contribution in [1.82, 2.24) is 0 Å². The normalized spacial score (nSPS) is 56.9. The highest BCUT2D eigenvalue weighted by Gasteiger charge is 2.58. The van der Waals surface area contributed by atoms with Crippen LogP contribution in [-0.2, 0) is 0 Å². The first-order chi connectivity index (χ1) is 10.4. The maximum Gasteiger partial charge on any atom is 0.0575 e. The minimum absolute atomic E-state index is 0.151. The fourth-order valence-corrected chi connectivity index (χ4v) is 7.42. The number of fused-ring (bicyclic) bond motifs is 5. The van der Waals surface area contributed by atoms with Crippen molar-refractivity contribution in [3.05, 3.63) is 0 Å². The second-order valence-corrected chi connectivity index (χ2v) is 9.67. The molecule has 0 radical (unpaired) electrons. The zero-order chi connectivity index (χ0) is 15.6. The van der Waals surface area contributed by atoms with Crippen LogP contribution in [-0.4, -0.2) is 22.4 Å². The van der Waals surface area contributed by atoms with Gasteiger partial charge < -0.3 is 10.2 Å². The summed E-state index contributed by atoms with van der Waals surface area (Å²) in [5.74, 6) is 4.71. The van der Waals surface area contributed by atoms with Crippen LogP contribution in [0.15, 0.2) is 0 Å². The summed E-state index contributed by atoms with van der Waals surface area (Å²) in [7, 11) is 0. The van der Waals surface area contributed by atoms with Crippen LogP contribution in [0, 0.1) is 46.8 Å². The monoisotopic (exact) mass is 306 g/mol. The van der Waals surface area contributed by atoms with E-state index in [1.54, 1.807) is 0 Å². The van der Waals surface area contributed by atoms with Crippen molar-refractivity contribution in [1.29, 1.82) is 0 Å². The van der Waals surface area contributed by atoms with Crippen LogP contribution in [0.25, 0.3) is 0 Å². The van der Waals surface area contributed by atoms with E-state index in [9.17, 15) is 10.2 Å². The van der Waals surface area contributed by atoms with E-state index in [0.29, 0.717) is 17.8 Å². The highest BCUT2D eigenvalue weighted by atomic mass is 16.3. The highest BCUT2D eigenvalue weighted by molar-refractivity contribution is 5.07. The molecule has 4 aliphatic rings. The van der Waals surface area contributed by atoms with E-state index >= 15 is 0 Å². The minimum atomic E-state index is -0.231. The summed E-state index contributed by atoms with van der Waals surface area (Å²) >= 11 is 0. The van der Waals surface area contributed by atoms with Crippen LogP contribution in [0.5, 0.6) is 0 Å². The van der Waals surface area contributed by atoms with E-state index < -0.39 is 0 Å². The SMILES string of the molecule is CC1C(O)CC2C(O)CC3C4CCCC4CCC3C2C1(C)C. The highest BCUT2D eigenvalue weighted by Crippen LogP contribution is 2.62. The van der Waals surface area contributed by atoms with Crippen LogP contribution in [0.2, 0.25) is 0 Å². The van der Waals surface area contributed by atoms with Crippen LogP contribution < -0.4 is 0 Å². The second kappa shape index (κ2) is 5.21. The fraction of sp³-hybridized carbons (Fsp3) is 1.00. The molecule has 9 unspecified atom stereocenters. The van der Waals surface area contributed by atoms with Gasteiger partial charge in [0.25, 0.3) is 0 Å². The summed E-state index contributed by atoms with van der Waals surface area (Å²) in [5, 5.41) is 21.4. The predicted molar refractivity (Wildman–Crippen MR) is 88.2 cm³/mol. The largest absolute Gasteiger partial charge is 0.393 e. The number of rotatable bonds is 0. The van der Waals surface area contributed by atoms with E-state index in [-0.39, 0.29) is 17.6 Å². The quantitative estimate of drug-likeness (QED) is 0.713. The first-order valence-electron chi connectivity index (χ1n) is 9.77. The molecule has 9 atom stereocenters. The lowest BCUT2D eigenvalue weighted by molar-refractivity contribution is -0.176. The van der Waals surface area contributed by atoms with Crippen LogP contribution in [0.3, 0.4) is 0 Å². The van der Waals surface area contributed by atoms with E-state index in [1.165, 1.54) is 32.1 Å². The molecule has 0 bridgehead atoms. The summed E-state index contributed by atoms with van der Waals surface area (Å²) in [6.45, 7) is 6.97. The van der Waals surface area contributed by atoms with Crippen LogP contribution >= 0.6 is 0 Å². The standard InChI is InChI=1S/C20H34O2/c1-11-17(21)10-16-18(22)9-15-13-6-4-5-12(13)7-8-14(15)19(16)20(11,2)3/h11-19,21-22H,4-10H2,1-3H3. The molecule has 0 spiro atoms. The van der Waals surface area contributed by atoms with Gasteiger partial charge in [-0.25, -0.2) is 0 Å². The van der Waals surface area contributed by atoms with Gasteiger partial charge in [0.2, 0.25) is 0 Å². The lowest BCUT2D eigenvalue weighted by Gasteiger charge is -2.61. The van der Waals surface area contributed by atoms with Gasteiger partial charge >= 0.3 is 0 Å². The Bertz CT molecular complexity index is 431. The van der Waals surface area contributed by atoms with Gasteiger partial charge in [0.05, 0.1) is 12.2 Å². The van der Waals surface area contributed by atoms with Gasteiger partial charge in [0.1, 0.15) is 0 Å². The van der Waals surface area contributed by atoms with Crippen LogP contribution in [0.1, 0.15) is 65.7 Å². The Balaban J connectivity index is 1.68. The summed E-state index contributed by atoms with van der Waals surface area (Å²) in [5.41, 5.74) is 0.151. The summed E-state index contributed by atoms with van der Waals surface area (Å²) in [6.07, 6.45) is 8.52. The molecule has 2 N–H and O–H groups in total. The fourth-order valence-electron chi connectivity index (χ4n) is 7.42. The molecule has 4 saturated carbocycles. The Labute approximate surface area is 135 Å².